The Morgan fingerprint density at radius 2 is 1.17 bits per heavy atom. The van der Waals surface area contributed by atoms with Gasteiger partial charge in [0.2, 0.25) is 0 Å². The van der Waals surface area contributed by atoms with Gasteiger partial charge < -0.3 is 0 Å². The fourth-order valence-electron chi connectivity index (χ4n) is 2.77. The highest BCUT2D eigenvalue weighted by atomic mass is 19.4. The van der Waals surface area contributed by atoms with Crippen LogP contribution in [0.4, 0.5) is 65.9 Å². The van der Waals surface area contributed by atoms with Crippen LogP contribution in [-0.4, -0.2) is 42.7 Å². The Kier molecular flexibility index (Phi) is 6.92. The molecule has 1 unspecified atom stereocenters. The van der Waals surface area contributed by atoms with Gasteiger partial charge in [0, 0.05) is 5.57 Å². The second kappa shape index (κ2) is 7.84. The van der Waals surface area contributed by atoms with E-state index < -0.39 is 79.0 Å². The Bertz CT molecular complexity index is 677. The maximum Gasteiger partial charge on any atom is 0.460 e. The smallest absolute Gasteiger partial charge is 0.246 e. The summed E-state index contributed by atoms with van der Waals surface area (Å²) in [6, 6.07) is 0. The average Bonchev–Trinajstić information content (AvgIpc) is 2.51. The molecule has 0 saturated heterocycles. The van der Waals surface area contributed by atoms with E-state index in [1.165, 1.54) is 0 Å². The molecule has 0 spiro atoms. The zero-order chi connectivity index (χ0) is 24.0. The number of rotatable bonds is 5. The van der Waals surface area contributed by atoms with Crippen LogP contribution in [0.25, 0.3) is 0 Å². The van der Waals surface area contributed by atoms with Crippen molar-refractivity contribution in [1.82, 2.24) is 0 Å². The van der Waals surface area contributed by atoms with Gasteiger partial charge in [-0.05, 0) is 24.8 Å². The molecule has 0 nitrogen and oxygen atoms in total. The summed E-state index contributed by atoms with van der Waals surface area (Å²) in [5, 5.41) is 0. The van der Waals surface area contributed by atoms with Gasteiger partial charge >= 0.3 is 36.0 Å². The van der Waals surface area contributed by atoms with E-state index >= 15 is 0 Å². The lowest BCUT2D eigenvalue weighted by Gasteiger charge is -2.40. The fourth-order valence-corrected chi connectivity index (χ4v) is 2.77. The van der Waals surface area contributed by atoms with Gasteiger partial charge in [-0.25, -0.2) is 4.39 Å². The Hall–Kier alpha value is -1.57. The molecule has 176 valence electrons. The average molecular weight is 476 g/mol. The molecule has 1 atom stereocenters. The molecule has 1 aliphatic rings. The number of hydrogen-bond acceptors (Lipinski definition) is 0. The van der Waals surface area contributed by atoms with Crippen LogP contribution < -0.4 is 0 Å². The quantitative estimate of drug-likeness (QED) is 0.289. The lowest BCUT2D eigenvalue weighted by molar-refractivity contribution is -0.370. The molecule has 0 saturated carbocycles. The summed E-state index contributed by atoms with van der Waals surface area (Å²) in [5.74, 6) is -31.9. The van der Waals surface area contributed by atoms with E-state index in [2.05, 4.69) is 0 Å². The highest BCUT2D eigenvalue weighted by Crippen LogP contribution is 2.59. The van der Waals surface area contributed by atoms with E-state index in [1.807, 2.05) is 0 Å². The topological polar surface area (TPSA) is 0 Å². The van der Waals surface area contributed by atoms with E-state index in [9.17, 15) is 65.9 Å². The first kappa shape index (κ1) is 26.5. The first-order valence-corrected chi connectivity index (χ1v) is 7.76. The molecule has 0 bridgehead atoms. The molecular formula is C15H11F15. The molecule has 30 heavy (non-hydrogen) atoms. The molecule has 0 heterocycles. The predicted molar refractivity (Wildman–Crippen MR) is 71.4 cm³/mol. The van der Waals surface area contributed by atoms with Crippen molar-refractivity contribution in [2.75, 3.05) is 6.67 Å². The molecule has 1 aliphatic carbocycles. The van der Waals surface area contributed by atoms with Crippen molar-refractivity contribution in [1.29, 1.82) is 0 Å². The van der Waals surface area contributed by atoms with Gasteiger partial charge in [0.05, 0.1) is 5.92 Å². The van der Waals surface area contributed by atoms with Crippen LogP contribution in [-0.2, 0) is 0 Å². The first-order valence-electron chi connectivity index (χ1n) is 7.76. The van der Waals surface area contributed by atoms with Crippen LogP contribution in [0, 0.1) is 5.92 Å². The highest BCUT2D eigenvalue weighted by molar-refractivity contribution is 5.33. The second-order valence-electron chi connectivity index (χ2n) is 6.29. The summed E-state index contributed by atoms with van der Waals surface area (Å²) >= 11 is 0. The Labute approximate surface area is 158 Å². The van der Waals surface area contributed by atoms with E-state index in [-0.39, 0.29) is 0 Å². The largest absolute Gasteiger partial charge is 0.460 e. The third-order valence-electron chi connectivity index (χ3n) is 4.34. The van der Waals surface area contributed by atoms with Crippen LogP contribution in [0.15, 0.2) is 23.3 Å². The van der Waals surface area contributed by atoms with Gasteiger partial charge in [0.25, 0.3) is 0 Å². The summed E-state index contributed by atoms with van der Waals surface area (Å²) in [6.45, 7) is -2.36. The van der Waals surface area contributed by atoms with Crippen molar-refractivity contribution in [2.45, 2.75) is 55.3 Å². The van der Waals surface area contributed by atoms with Crippen molar-refractivity contribution in [3.05, 3.63) is 23.3 Å². The van der Waals surface area contributed by atoms with E-state index in [0.717, 1.165) is 6.08 Å². The van der Waals surface area contributed by atoms with Crippen molar-refractivity contribution >= 4 is 0 Å². The monoisotopic (exact) mass is 476 g/mol. The lowest BCUT2D eigenvalue weighted by atomic mass is 9.76. The molecule has 0 aromatic carbocycles. The Balaban J connectivity index is 3.90. The minimum Gasteiger partial charge on any atom is -0.246 e. The summed E-state index contributed by atoms with van der Waals surface area (Å²) in [5.41, 5.74) is -4.98. The first-order chi connectivity index (χ1) is 13.2. The Morgan fingerprint density at radius 1 is 0.700 bits per heavy atom. The summed E-state index contributed by atoms with van der Waals surface area (Å²) in [7, 11) is 0. The number of hydrogen-bond donors (Lipinski definition) is 0. The molecule has 0 amide bonds. The predicted octanol–water partition coefficient (Wildman–Crippen LogP) is 7.27. The van der Waals surface area contributed by atoms with E-state index in [0.29, 0.717) is 6.08 Å². The molecule has 1 rings (SSSR count). The minimum atomic E-state index is -7.18. The van der Waals surface area contributed by atoms with Crippen molar-refractivity contribution in [3.63, 3.8) is 0 Å². The summed E-state index contributed by atoms with van der Waals surface area (Å²) in [6.07, 6.45) is -16.8. The number of alkyl halides is 15. The van der Waals surface area contributed by atoms with Gasteiger partial charge in [-0.2, -0.15) is 61.5 Å². The molecule has 0 aliphatic heterocycles. The summed E-state index contributed by atoms with van der Waals surface area (Å²) < 4.78 is 198. The lowest BCUT2D eigenvalue weighted by Crippen LogP contribution is -2.60. The molecule has 0 aromatic rings. The summed E-state index contributed by atoms with van der Waals surface area (Å²) in [4.78, 5) is 0. The molecule has 15 heteroatoms. The van der Waals surface area contributed by atoms with Crippen molar-refractivity contribution < 1.29 is 65.9 Å². The van der Waals surface area contributed by atoms with Crippen LogP contribution in [0.2, 0.25) is 0 Å². The maximum atomic E-state index is 14.2. The third-order valence-corrected chi connectivity index (χ3v) is 4.34. The third kappa shape index (κ3) is 4.12. The Morgan fingerprint density at radius 3 is 1.57 bits per heavy atom. The molecule has 0 aromatic heterocycles. The molecule has 0 radical (unpaired) electrons. The standard InChI is InChI=1S/C15H11F15/c16-6-7-4-2-1-3-5-8(10(17,18)12(21,22)14(25,26)27)9(7)11(19,20)13(23,24)15(28,29)30/h1,3,8H,2,4-6H2. The van der Waals surface area contributed by atoms with Crippen molar-refractivity contribution in [3.8, 4) is 0 Å². The van der Waals surface area contributed by atoms with Crippen LogP contribution >= 0.6 is 0 Å². The number of halogens is 15. The van der Waals surface area contributed by atoms with Crippen molar-refractivity contribution in [2.24, 2.45) is 5.92 Å². The van der Waals surface area contributed by atoms with Crippen LogP contribution in [0.1, 0.15) is 19.3 Å². The van der Waals surface area contributed by atoms with Crippen LogP contribution in [0.5, 0.6) is 0 Å². The van der Waals surface area contributed by atoms with Crippen LogP contribution in [0.3, 0.4) is 0 Å². The van der Waals surface area contributed by atoms with Gasteiger partial charge in [-0.15, -0.1) is 0 Å². The fraction of sp³-hybridized carbons (Fsp3) is 0.733. The molecule has 0 N–H and O–H groups in total. The molecule has 0 fully saturated rings. The SMILES string of the molecule is FCC1=C(C(F)(F)C(F)(F)C(F)(F)F)C(C(F)(F)C(F)(F)C(F)(F)F)CC=CCC1. The molecular weight excluding hydrogens is 465 g/mol. The second-order valence-corrected chi connectivity index (χ2v) is 6.29. The van der Waals surface area contributed by atoms with E-state index in [4.69, 9.17) is 0 Å². The van der Waals surface area contributed by atoms with Gasteiger partial charge in [0.1, 0.15) is 6.67 Å². The van der Waals surface area contributed by atoms with Gasteiger partial charge in [0.15, 0.2) is 0 Å². The normalized spacial score (nSPS) is 21.0. The maximum absolute atomic E-state index is 14.2. The van der Waals surface area contributed by atoms with E-state index in [1.54, 1.807) is 0 Å². The zero-order valence-electron chi connectivity index (χ0n) is 14.2. The highest BCUT2D eigenvalue weighted by Gasteiger charge is 2.80. The minimum absolute atomic E-state index is 0.335. The number of allylic oxidation sites excluding steroid dienone is 4. The zero-order valence-corrected chi connectivity index (χ0v) is 14.2. The van der Waals surface area contributed by atoms with Gasteiger partial charge in [-0.1, -0.05) is 12.2 Å². The van der Waals surface area contributed by atoms with Gasteiger partial charge in [-0.3, -0.25) is 0 Å².